The maximum Gasteiger partial charge on any atom is 0.163 e. The second kappa shape index (κ2) is 5.45. The fourth-order valence-electron chi connectivity index (χ4n) is 2.95. The molecule has 102 valence electrons. The van der Waals surface area contributed by atoms with Gasteiger partial charge >= 0.3 is 0 Å². The van der Waals surface area contributed by atoms with E-state index in [1.54, 1.807) is 6.33 Å². The molecule has 2 aromatic rings. The molecule has 0 aromatic carbocycles. The molecule has 0 bridgehead atoms. The summed E-state index contributed by atoms with van der Waals surface area (Å²) in [7, 11) is 1.92. The predicted molar refractivity (Wildman–Crippen MR) is 79.7 cm³/mol. The number of anilines is 1. The van der Waals surface area contributed by atoms with Gasteiger partial charge in [-0.2, -0.15) is 5.10 Å². The third-order valence-electron chi connectivity index (χ3n) is 3.87. The Kier molecular flexibility index (Phi) is 3.68. The third-order valence-corrected chi connectivity index (χ3v) is 4.23. The molecular formula is C13H18BrN5. The number of hydrogen-bond acceptors (Lipinski definition) is 4. The Hall–Kier alpha value is -1.17. The Morgan fingerprint density at radius 2 is 2.16 bits per heavy atom. The molecule has 5 nitrogen and oxygen atoms in total. The van der Waals surface area contributed by atoms with E-state index in [4.69, 9.17) is 0 Å². The first kappa shape index (κ1) is 12.8. The third kappa shape index (κ3) is 2.33. The summed E-state index contributed by atoms with van der Waals surface area (Å²) in [6, 6.07) is 0.607. The van der Waals surface area contributed by atoms with Crippen molar-refractivity contribution in [1.29, 1.82) is 0 Å². The minimum atomic E-state index is 0.607. The van der Waals surface area contributed by atoms with Crippen molar-refractivity contribution in [3.05, 3.63) is 12.5 Å². The normalized spacial score (nSPS) is 16.3. The number of fused-ring (bicyclic) bond motifs is 1. The highest BCUT2D eigenvalue weighted by atomic mass is 79.9. The van der Waals surface area contributed by atoms with Gasteiger partial charge in [-0.1, -0.05) is 28.8 Å². The van der Waals surface area contributed by atoms with Crippen LogP contribution in [0.3, 0.4) is 0 Å². The van der Waals surface area contributed by atoms with E-state index < -0.39 is 0 Å². The molecule has 2 heterocycles. The number of aromatic nitrogens is 4. The van der Waals surface area contributed by atoms with Crippen molar-refractivity contribution in [2.24, 2.45) is 7.05 Å². The molecule has 0 unspecified atom stereocenters. The molecule has 1 aliphatic rings. The molecule has 1 saturated carbocycles. The van der Waals surface area contributed by atoms with Gasteiger partial charge in [0.1, 0.15) is 12.1 Å². The summed E-state index contributed by atoms with van der Waals surface area (Å²) in [5, 5.41) is 6.31. The summed E-state index contributed by atoms with van der Waals surface area (Å²) >= 11 is 3.56. The molecule has 1 fully saturated rings. The lowest BCUT2D eigenvalue weighted by Gasteiger charge is -2.29. The topological polar surface area (TPSA) is 46.8 Å². The monoisotopic (exact) mass is 323 g/mol. The van der Waals surface area contributed by atoms with Crippen molar-refractivity contribution in [3.63, 3.8) is 0 Å². The van der Waals surface area contributed by atoms with Gasteiger partial charge in [0, 0.05) is 25.0 Å². The lowest BCUT2D eigenvalue weighted by Crippen LogP contribution is -2.35. The summed E-state index contributed by atoms with van der Waals surface area (Å²) in [5.74, 6) is 1.03. The maximum absolute atomic E-state index is 4.52. The lowest BCUT2D eigenvalue weighted by atomic mass is 10.2. The summed E-state index contributed by atoms with van der Waals surface area (Å²) in [5.41, 5.74) is 0.905. The minimum absolute atomic E-state index is 0.607. The van der Waals surface area contributed by atoms with Crippen molar-refractivity contribution in [2.45, 2.75) is 31.7 Å². The molecule has 19 heavy (non-hydrogen) atoms. The van der Waals surface area contributed by atoms with Gasteiger partial charge in [-0.3, -0.25) is 4.68 Å². The number of rotatable bonds is 4. The standard InChI is InChI=1S/C13H18BrN5/c1-18-12-11(8-17-18)13(16-9-15-12)19(7-6-14)10-4-2-3-5-10/h8-10H,2-7H2,1H3. The zero-order chi connectivity index (χ0) is 13.2. The molecule has 1 aliphatic carbocycles. The van der Waals surface area contributed by atoms with Crippen LogP contribution in [-0.4, -0.2) is 37.7 Å². The summed E-state index contributed by atoms with van der Waals surface area (Å²) in [4.78, 5) is 11.3. The van der Waals surface area contributed by atoms with Crippen molar-refractivity contribution in [3.8, 4) is 0 Å². The fraction of sp³-hybridized carbons (Fsp3) is 0.615. The summed E-state index contributed by atoms with van der Waals surface area (Å²) in [6.45, 7) is 0.978. The number of aryl methyl sites for hydroxylation is 1. The van der Waals surface area contributed by atoms with Crippen LogP contribution in [0.25, 0.3) is 11.0 Å². The Labute approximate surface area is 121 Å². The Morgan fingerprint density at radius 1 is 1.37 bits per heavy atom. The van der Waals surface area contributed by atoms with E-state index in [9.17, 15) is 0 Å². The van der Waals surface area contributed by atoms with E-state index >= 15 is 0 Å². The molecule has 2 aromatic heterocycles. The smallest absolute Gasteiger partial charge is 0.163 e. The lowest BCUT2D eigenvalue weighted by molar-refractivity contribution is 0.617. The van der Waals surface area contributed by atoms with Crippen LogP contribution in [0.5, 0.6) is 0 Å². The van der Waals surface area contributed by atoms with Crippen LogP contribution < -0.4 is 4.90 Å². The van der Waals surface area contributed by atoms with Gasteiger partial charge in [0.05, 0.1) is 11.6 Å². The molecule has 0 atom stereocenters. The zero-order valence-corrected chi connectivity index (χ0v) is 12.7. The molecule has 3 rings (SSSR count). The average Bonchev–Trinajstić information content (AvgIpc) is 3.06. The van der Waals surface area contributed by atoms with Gasteiger partial charge in [-0.05, 0) is 12.8 Å². The molecule has 0 amide bonds. The number of hydrogen-bond donors (Lipinski definition) is 0. The number of alkyl halides is 1. The second-order valence-electron chi connectivity index (χ2n) is 5.02. The first-order valence-corrected chi connectivity index (χ1v) is 7.88. The van der Waals surface area contributed by atoms with Gasteiger partial charge in [-0.15, -0.1) is 0 Å². The van der Waals surface area contributed by atoms with E-state index in [1.807, 2.05) is 17.9 Å². The largest absolute Gasteiger partial charge is 0.352 e. The number of halogens is 1. The highest BCUT2D eigenvalue weighted by Crippen LogP contribution is 2.30. The van der Waals surface area contributed by atoms with Gasteiger partial charge in [0.25, 0.3) is 0 Å². The SMILES string of the molecule is Cn1ncc2c(N(CCBr)C3CCCC3)ncnc21. The van der Waals surface area contributed by atoms with Crippen molar-refractivity contribution < 1.29 is 0 Å². The van der Waals surface area contributed by atoms with E-state index in [0.29, 0.717) is 6.04 Å². The Bertz CT molecular complexity index is 561. The molecular weight excluding hydrogens is 306 g/mol. The van der Waals surface area contributed by atoms with Crippen LogP contribution in [0, 0.1) is 0 Å². The first-order valence-electron chi connectivity index (χ1n) is 6.76. The molecule has 0 saturated heterocycles. The van der Waals surface area contributed by atoms with Crippen LogP contribution in [0.2, 0.25) is 0 Å². The number of nitrogens with zero attached hydrogens (tertiary/aromatic N) is 5. The zero-order valence-electron chi connectivity index (χ0n) is 11.1. The van der Waals surface area contributed by atoms with Gasteiger partial charge in [-0.25, -0.2) is 9.97 Å². The Balaban J connectivity index is 2.03. The Morgan fingerprint density at radius 3 is 2.89 bits per heavy atom. The van der Waals surface area contributed by atoms with Crippen molar-refractivity contribution >= 4 is 32.8 Å². The van der Waals surface area contributed by atoms with Crippen LogP contribution in [-0.2, 0) is 7.05 Å². The first-order chi connectivity index (χ1) is 9.31. The second-order valence-corrected chi connectivity index (χ2v) is 5.82. The van der Waals surface area contributed by atoms with E-state index in [1.165, 1.54) is 25.7 Å². The van der Waals surface area contributed by atoms with Gasteiger partial charge < -0.3 is 4.90 Å². The highest BCUT2D eigenvalue weighted by Gasteiger charge is 2.25. The van der Waals surface area contributed by atoms with Crippen LogP contribution >= 0.6 is 15.9 Å². The molecule has 0 radical (unpaired) electrons. The van der Waals surface area contributed by atoms with Crippen LogP contribution in [0.1, 0.15) is 25.7 Å². The van der Waals surface area contributed by atoms with Crippen LogP contribution in [0.4, 0.5) is 5.82 Å². The molecule has 6 heteroatoms. The fourth-order valence-corrected chi connectivity index (χ4v) is 3.33. The molecule has 0 N–H and O–H groups in total. The maximum atomic E-state index is 4.52. The molecule has 0 aliphatic heterocycles. The predicted octanol–water partition coefficient (Wildman–Crippen LogP) is 2.51. The summed E-state index contributed by atoms with van der Waals surface area (Å²) in [6.07, 6.45) is 8.70. The van der Waals surface area contributed by atoms with Crippen molar-refractivity contribution in [1.82, 2.24) is 19.7 Å². The molecule has 0 spiro atoms. The van der Waals surface area contributed by atoms with E-state index in [2.05, 4.69) is 35.9 Å². The van der Waals surface area contributed by atoms with Gasteiger partial charge in [0.15, 0.2) is 5.65 Å². The summed E-state index contributed by atoms with van der Waals surface area (Å²) < 4.78 is 1.81. The van der Waals surface area contributed by atoms with Crippen LogP contribution in [0.15, 0.2) is 12.5 Å². The minimum Gasteiger partial charge on any atom is -0.352 e. The van der Waals surface area contributed by atoms with E-state index in [0.717, 1.165) is 28.7 Å². The average molecular weight is 324 g/mol. The van der Waals surface area contributed by atoms with Gasteiger partial charge in [0.2, 0.25) is 0 Å². The van der Waals surface area contributed by atoms with E-state index in [-0.39, 0.29) is 0 Å². The highest BCUT2D eigenvalue weighted by molar-refractivity contribution is 9.09. The quantitative estimate of drug-likeness (QED) is 0.811. The van der Waals surface area contributed by atoms with Crippen molar-refractivity contribution in [2.75, 3.05) is 16.8 Å².